The molecule has 0 spiro atoms. The second kappa shape index (κ2) is 11.8. The quantitative estimate of drug-likeness (QED) is 0.527. The highest BCUT2D eigenvalue weighted by Crippen LogP contribution is 2.27. The Morgan fingerprint density at radius 1 is 1.20 bits per heavy atom. The minimum Gasteiger partial charge on any atom is -0.497 e. The number of benzene rings is 2. The van der Waals surface area contributed by atoms with Gasteiger partial charge in [0.1, 0.15) is 17.5 Å². The molecule has 8 heteroatoms. The molecule has 2 aromatic carbocycles. The normalized spacial score (nSPS) is 11.5. The van der Waals surface area contributed by atoms with Crippen LogP contribution in [0.1, 0.15) is 25.8 Å². The number of amides is 2. The smallest absolute Gasteiger partial charge is 0.261 e. The van der Waals surface area contributed by atoms with Crippen molar-refractivity contribution in [3.63, 3.8) is 0 Å². The lowest BCUT2D eigenvalue weighted by atomic mass is 10.1. The number of carbonyl (C=O) groups excluding carboxylic acids is 2. The number of halogens is 2. The molecule has 0 radical (unpaired) electrons. The van der Waals surface area contributed by atoms with Crippen LogP contribution < -0.4 is 14.8 Å². The van der Waals surface area contributed by atoms with Crippen LogP contribution in [0.5, 0.6) is 11.5 Å². The van der Waals surface area contributed by atoms with Gasteiger partial charge >= 0.3 is 0 Å². The molecule has 0 saturated carbocycles. The Morgan fingerprint density at radius 3 is 2.50 bits per heavy atom. The topological polar surface area (TPSA) is 67.9 Å². The van der Waals surface area contributed by atoms with E-state index in [4.69, 9.17) is 21.1 Å². The maximum Gasteiger partial charge on any atom is 0.261 e. The molecule has 162 valence electrons. The number of carbonyl (C=O) groups is 2. The molecule has 30 heavy (non-hydrogen) atoms. The van der Waals surface area contributed by atoms with Crippen molar-refractivity contribution in [3.8, 4) is 11.5 Å². The number of rotatable bonds is 10. The minimum absolute atomic E-state index is 0.208. The van der Waals surface area contributed by atoms with Gasteiger partial charge in [-0.2, -0.15) is 0 Å². The van der Waals surface area contributed by atoms with Crippen LogP contribution in [0.25, 0.3) is 0 Å². The van der Waals surface area contributed by atoms with Crippen molar-refractivity contribution < 1.29 is 19.1 Å². The van der Waals surface area contributed by atoms with Crippen LogP contribution in [-0.2, 0) is 16.1 Å². The average molecular weight is 498 g/mol. The van der Waals surface area contributed by atoms with Gasteiger partial charge in [-0.05, 0) is 49.2 Å². The molecule has 1 N–H and O–H groups in total. The van der Waals surface area contributed by atoms with Crippen molar-refractivity contribution >= 4 is 39.3 Å². The van der Waals surface area contributed by atoms with Crippen molar-refractivity contribution in [2.24, 2.45) is 0 Å². The zero-order valence-electron chi connectivity index (χ0n) is 17.3. The van der Waals surface area contributed by atoms with Crippen LogP contribution in [-0.4, -0.2) is 43.0 Å². The third-order valence-corrected chi connectivity index (χ3v) is 5.26. The lowest BCUT2D eigenvalue weighted by molar-refractivity contribution is -0.142. The van der Waals surface area contributed by atoms with E-state index in [1.54, 1.807) is 32.2 Å². The SMILES string of the molecule is CCCNC(=O)[C@@H](C)N(Cc1ccc(OC)cc1)C(=O)COc1ccc(Br)cc1Cl. The summed E-state index contributed by atoms with van der Waals surface area (Å²) < 4.78 is 11.6. The van der Waals surface area contributed by atoms with Gasteiger partial charge in [-0.25, -0.2) is 0 Å². The summed E-state index contributed by atoms with van der Waals surface area (Å²) in [4.78, 5) is 27.0. The van der Waals surface area contributed by atoms with Crippen LogP contribution in [0.2, 0.25) is 5.02 Å². The van der Waals surface area contributed by atoms with E-state index in [1.165, 1.54) is 4.90 Å². The van der Waals surface area contributed by atoms with Gasteiger partial charge in [0.25, 0.3) is 5.91 Å². The number of hydrogen-bond donors (Lipinski definition) is 1. The fourth-order valence-electron chi connectivity index (χ4n) is 2.72. The van der Waals surface area contributed by atoms with Gasteiger partial charge < -0.3 is 19.7 Å². The van der Waals surface area contributed by atoms with E-state index in [1.807, 2.05) is 31.2 Å². The number of methoxy groups -OCH3 is 1. The van der Waals surface area contributed by atoms with Crippen molar-refractivity contribution in [3.05, 3.63) is 57.5 Å². The second-order valence-corrected chi connectivity index (χ2v) is 8.02. The van der Waals surface area contributed by atoms with Crippen molar-refractivity contribution in [1.82, 2.24) is 10.2 Å². The van der Waals surface area contributed by atoms with Gasteiger partial charge in [0.05, 0.1) is 12.1 Å². The Kier molecular flexibility index (Phi) is 9.46. The standard InChI is InChI=1S/C22H26BrClN2O4/c1-4-11-25-22(28)15(2)26(13-16-5-8-18(29-3)9-6-16)21(27)14-30-20-10-7-17(23)12-19(20)24/h5-10,12,15H,4,11,13-14H2,1-3H3,(H,25,28)/t15-/m1/s1. The lowest BCUT2D eigenvalue weighted by Gasteiger charge is -2.28. The molecule has 0 aliphatic rings. The molecule has 6 nitrogen and oxygen atoms in total. The molecule has 0 aromatic heterocycles. The third-order valence-electron chi connectivity index (χ3n) is 4.47. The summed E-state index contributed by atoms with van der Waals surface area (Å²) in [5.74, 6) is 0.601. The maximum atomic E-state index is 13.0. The van der Waals surface area contributed by atoms with E-state index in [2.05, 4.69) is 21.2 Å². The van der Waals surface area contributed by atoms with Crippen LogP contribution in [0.4, 0.5) is 0 Å². The van der Waals surface area contributed by atoms with Gasteiger partial charge in [-0.3, -0.25) is 9.59 Å². The average Bonchev–Trinajstić information content (AvgIpc) is 2.74. The predicted molar refractivity (Wildman–Crippen MR) is 121 cm³/mol. The predicted octanol–water partition coefficient (Wildman–Crippen LogP) is 4.43. The lowest BCUT2D eigenvalue weighted by Crippen LogP contribution is -2.49. The highest BCUT2D eigenvalue weighted by molar-refractivity contribution is 9.10. The molecule has 0 heterocycles. The summed E-state index contributed by atoms with van der Waals surface area (Å²) in [7, 11) is 1.59. The molecule has 2 rings (SSSR count). The molecule has 0 aliphatic heterocycles. The third kappa shape index (κ3) is 6.92. The van der Waals surface area contributed by atoms with Crippen molar-refractivity contribution in [1.29, 1.82) is 0 Å². The molecule has 0 unspecified atom stereocenters. The van der Waals surface area contributed by atoms with Crippen molar-refractivity contribution in [2.75, 3.05) is 20.3 Å². The van der Waals surface area contributed by atoms with Gasteiger partial charge in [0.2, 0.25) is 5.91 Å². The molecule has 2 aromatic rings. The first-order valence-electron chi connectivity index (χ1n) is 9.63. The van der Waals surface area contributed by atoms with Crippen LogP contribution in [0, 0.1) is 0 Å². The Bertz CT molecular complexity index is 861. The Morgan fingerprint density at radius 2 is 1.90 bits per heavy atom. The number of nitrogens with zero attached hydrogens (tertiary/aromatic N) is 1. The first kappa shape index (κ1) is 24.0. The summed E-state index contributed by atoms with van der Waals surface area (Å²) in [6, 6.07) is 11.9. The fraction of sp³-hybridized carbons (Fsp3) is 0.364. The molecule has 1 atom stereocenters. The summed E-state index contributed by atoms with van der Waals surface area (Å²) in [6.07, 6.45) is 0.816. The zero-order chi connectivity index (χ0) is 22.1. The van der Waals surface area contributed by atoms with Gasteiger partial charge in [0.15, 0.2) is 6.61 Å². The Labute approximate surface area is 190 Å². The molecule has 0 bridgehead atoms. The first-order chi connectivity index (χ1) is 14.3. The van der Waals surface area contributed by atoms with Crippen LogP contribution in [0.15, 0.2) is 46.9 Å². The second-order valence-electron chi connectivity index (χ2n) is 6.70. The van der Waals surface area contributed by atoms with E-state index < -0.39 is 6.04 Å². The maximum absolute atomic E-state index is 13.0. The summed E-state index contributed by atoms with van der Waals surface area (Å²) in [5, 5.41) is 3.24. The summed E-state index contributed by atoms with van der Waals surface area (Å²) >= 11 is 9.50. The van der Waals surface area contributed by atoms with E-state index in [-0.39, 0.29) is 25.0 Å². The van der Waals surface area contributed by atoms with Crippen LogP contribution in [0.3, 0.4) is 0 Å². The highest BCUT2D eigenvalue weighted by atomic mass is 79.9. The molecule has 2 amide bonds. The van der Waals surface area contributed by atoms with Crippen molar-refractivity contribution in [2.45, 2.75) is 32.9 Å². The first-order valence-corrected chi connectivity index (χ1v) is 10.8. The van der Waals surface area contributed by atoms with E-state index in [9.17, 15) is 9.59 Å². The summed E-state index contributed by atoms with van der Waals surface area (Å²) in [5.41, 5.74) is 0.876. The van der Waals surface area contributed by atoms with E-state index in [0.29, 0.717) is 17.3 Å². The number of ether oxygens (including phenoxy) is 2. The van der Waals surface area contributed by atoms with Gasteiger partial charge in [-0.15, -0.1) is 0 Å². The van der Waals surface area contributed by atoms with Gasteiger partial charge in [0, 0.05) is 17.6 Å². The molecule has 0 aliphatic carbocycles. The zero-order valence-corrected chi connectivity index (χ0v) is 19.6. The number of hydrogen-bond acceptors (Lipinski definition) is 4. The summed E-state index contributed by atoms with van der Waals surface area (Å²) in [6.45, 7) is 4.27. The molecule has 0 saturated heterocycles. The Hall–Kier alpha value is -2.25. The largest absolute Gasteiger partial charge is 0.497 e. The highest BCUT2D eigenvalue weighted by Gasteiger charge is 2.26. The number of nitrogens with one attached hydrogen (secondary N) is 1. The Balaban J connectivity index is 2.15. The van der Waals surface area contributed by atoms with E-state index in [0.717, 1.165) is 22.2 Å². The van der Waals surface area contributed by atoms with E-state index >= 15 is 0 Å². The van der Waals surface area contributed by atoms with Crippen LogP contribution >= 0.6 is 27.5 Å². The van der Waals surface area contributed by atoms with Gasteiger partial charge in [-0.1, -0.05) is 46.6 Å². The molecular formula is C22H26BrClN2O4. The molecular weight excluding hydrogens is 472 g/mol. The molecule has 0 fully saturated rings. The fourth-order valence-corrected chi connectivity index (χ4v) is 3.45. The minimum atomic E-state index is -0.657. The monoisotopic (exact) mass is 496 g/mol.